The van der Waals surface area contributed by atoms with Gasteiger partial charge >= 0.3 is 0 Å². The maximum atomic E-state index is 5.29. The van der Waals surface area contributed by atoms with Gasteiger partial charge in [0.25, 0.3) is 0 Å². The van der Waals surface area contributed by atoms with Crippen molar-refractivity contribution in [3.63, 3.8) is 0 Å². The standard InChI is InChI=1S/C11H13/c1-3-4-7-11-8-5-6-10(2)9-11/h1,3,5-6,8-9H,4,7H2,2H3. The Labute approximate surface area is 68.6 Å². The molecule has 0 spiro atoms. The first-order valence-electron chi connectivity index (χ1n) is 3.92. The van der Waals surface area contributed by atoms with E-state index in [2.05, 4.69) is 31.2 Å². The van der Waals surface area contributed by atoms with E-state index in [9.17, 15) is 0 Å². The van der Waals surface area contributed by atoms with Crippen LogP contribution in [0.25, 0.3) is 0 Å². The molecule has 1 aromatic rings. The average Bonchev–Trinajstić information content (AvgIpc) is 2.01. The molecular weight excluding hydrogens is 132 g/mol. The van der Waals surface area contributed by atoms with Gasteiger partial charge in [-0.1, -0.05) is 42.5 Å². The third-order valence-electron chi connectivity index (χ3n) is 1.68. The third kappa shape index (κ3) is 2.58. The number of rotatable bonds is 3. The van der Waals surface area contributed by atoms with Gasteiger partial charge in [0.05, 0.1) is 0 Å². The summed E-state index contributed by atoms with van der Waals surface area (Å²) < 4.78 is 0. The van der Waals surface area contributed by atoms with Gasteiger partial charge in [0.2, 0.25) is 0 Å². The number of benzene rings is 1. The Bertz CT molecular complexity index is 236. The van der Waals surface area contributed by atoms with Crippen LogP contribution < -0.4 is 0 Å². The van der Waals surface area contributed by atoms with E-state index in [0.29, 0.717) is 0 Å². The van der Waals surface area contributed by atoms with E-state index in [-0.39, 0.29) is 0 Å². The number of hydrogen-bond donors (Lipinski definition) is 0. The van der Waals surface area contributed by atoms with Gasteiger partial charge in [-0.15, -0.1) is 0 Å². The Morgan fingerprint density at radius 1 is 1.45 bits per heavy atom. The quantitative estimate of drug-likeness (QED) is 0.613. The molecular formula is C11H13. The summed E-state index contributed by atoms with van der Waals surface area (Å²) in [6.45, 7) is 7.40. The van der Waals surface area contributed by atoms with Crippen molar-refractivity contribution < 1.29 is 0 Å². The van der Waals surface area contributed by atoms with Crippen molar-refractivity contribution in [3.8, 4) is 0 Å². The van der Waals surface area contributed by atoms with E-state index in [0.717, 1.165) is 12.8 Å². The van der Waals surface area contributed by atoms with Crippen LogP contribution >= 0.6 is 0 Å². The van der Waals surface area contributed by atoms with Gasteiger partial charge in [-0.25, -0.2) is 0 Å². The molecule has 1 aromatic carbocycles. The molecule has 0 heteroatoms. The fraction of sp³-hybridized carbons (Fsp3) is 0.273. The molecule has 57 valence electrons. The smallest absolute Gasteiger partial charge is 0.0244 e. The lowest BCUT2D eigenvalue weighted by Gasteiger charge is -1.98. The van der Waals surface area contributed by atoms with E-state index in [1.54, 1.807) is 6.08 Å². The summed E-state index contributed by atoms with van der Waals surface area (Å²) in [5.74, 6) is 0. The maximum Gasteiger partial charge on any atom is -0.0244 e. The summed E-state index contributed by atoms with van der Waals surface area (Å²) in [7, 11) is 0. The van der Waals surface area contributed by atoms with Crippen molar-refractivity contribution >= 4 is 0 Å². The van der Waals surface area contributed by atoms with E-state index >= 15 is 0 Å². The second-order valence-corrected chi connectivity index (χ2v) is 2.76. The minimum absolute atomic E-state index is 0.962. The highest BCUT2D eigenvalue weighted by Gasteiger charge is 1.89. The second-order valence-electron chi connectivity index (χ2n) is 2.76. The van der Waals surface area contributed by atoms with Crippen LogP contribution in [0.15, 0.2) is 30.3 Å². The monoisotopic (exact) mass is 145 g/mol. The van der Waals surface area contributed by atoms with Crippen molar-refractivity contribution in [2.24, 2.45) is 0 Å². The highest BCUT2D eigenvalue weighted by Crippen LogP contribution is 2.06. The molecule has 11 heavy (non-hydrogen) atoms. The molecule has 1 rings (SSSR count). The normalized spacial score (nSPS) is 9.55. The molecule has 0 amide bonds. The molecule has 0 aliphatic rings. The zero-order valence-electron chi connectivity index (χ0n) is 6.88. The lowest BCUT2D eigenvalue weighted by Crippen LogP contribution is -1.83. The average molecular weight is 145 g/mol. The largest absolute Gasteiger partial charge is 0.0842 e. The highest BCUT2D eigenvalue weighted by atomic mass is 14.0. The minimum atomic E-state index is 0.962. The molecule has 0 nitrogen and oxygen atoms in total. The van der Waals surface area contributed by atoms with Crippen molar-refractivity contribution in [1.82, 2.24) is 0 Å². The molecule has 0 aliphatic carbocycles. The first-order chi connectivity index (χ1) is 5.33. The van der Waals surface area contributed by atoms with Gasteiger partial charge < -0.3 is 0 Å². The number of hydrogen-bond acceptors (Lipinski definition) is 0. The molecule has 0 aromatic heterocycles. The van der Waals surface area contributed by atoms with E-state index in [1.807, 2.05) is 0 Å². The highest BCUT2D eigenvalue weighted by molar-refractivity contribution is 5.22. The van der Waals surface area contributed by atoms with Crippen molar-refractivity contribution in [2.75, 3.05) is 0 Å². The Hall–Kier alpha value is -1.04. The third-order valence-corrected chi connectivity index (χ3v) is 1.68. The molecule has 0 aliphatic heterocycles. The first-order valence-corrected chi connectivity index (χ1v) is 3.92. The molecule has 0 saturated carbocycles. The van der Waals surface area contributed by atoms with Crippen LogP contribution in [0, 0.1) is 13.5 Å². The molecule has 0 unspecified atom stereocenters. The SMILES string of the molecule is [CH]=CCCc1cccc(C)c1. The zero-order chi connectivity index (χ0) is 8.10. The fourth-order valence-electron chi connectivity index (χ4n) is 1.12. The van der Waals surface area contributed by atoms with Crippen molar-refractivity contribution in [2.45, 2.75) is 19.8 Å². The van der Waals surface area contributed by atoms with Crippen LogP contribution in [0.1, 0.15) is 17.5 Å². The predicted molar refractivity (Wildman–Crippen MR) is 48.4 cm³/mol. The Kier molecular flexibility index (Phi) is 2.91. The number of aryl methyl sites for hydroxylation is 2. The molecule has 0 saturated heterocycles. The lowest BCUT2D eigenvalue weighted by molar-refractivity contribution is 1.000. The number of allylic oxidation sites excluding steroid dienone is 1. The van der Waals surface area contributed by atoms with Gasteiger partial charge in [-0.2, -0.15) is 0 Å². The Morgan fingerprint density at radius 2 is 2.27 bits per heavy atom. The van der Waals surface area contributed by atoms with Crippen LogP contribution in [-0.2, 0) is 6.42 Å². The summed E-state index contributed by atoms with van der Waals surface area (Å²) >= 11 is 0. The Morgan fingerprint density at radius 3 is 2.91 bits per heavy atom. The topological polar surface area (TPSA) is 0 Å². The molecule has 0 bridgehead atoms. The van der Waals surface area contributed by atoms with Crippen LogP contribution in [-0.4, -0.2) is 0 Å². The summed E-state index contributed by atoms with van der Waals surface area (Å²) in [5.41, 5.74) is 2.69. The predicted octanol–water partition coefficient (Wildman–Crippen LogP) is 2.92. The summed E-state index contributed by atoms with van der Waals surface area (Å²) in [4.78, 5) is 0. The van der Waals surface area contributed by atoms with Gasteiger partial charge in [-0.05, 0) is 25.3 Å². The summed E-state index contributed by atoms with van der Waals surface area (Å²) in [5, 5.41) is 0. The Balaban J connectivity index is 2.63. The van der Waals surface area contributed by atoms with Crippen LogP contribution in [0.2, 0.25) is 0 Å². The van der Waals surface area contributed by atoms with Crippen molar-refractivity contribution in [1.29, 1.82) is 0 Å². The summed E-state index contributed by atoms with van der Waals surface area (Å²) in [6.07, 6.45) is 3.73. The fourth-order valence-corrected chi connectivity index (χ4v) is 1.12. The maximum absolute atomic E-state index is 5.29. The van der Waals surface area contributed by atoms with E-state index in [1.165, 1.54) is 11.1 Å². The molecule has 0 atom stereocenters. The molecule has 0 N–H and O–H groups in total. The molecule has 0 fully saturated rings. The first kappa shape index (κ1) is 8.06. The van der Waals surface area contributed by atoms with Crippen LogP contribution in [0.5, 0.6) is 0 Å². The molecule has 0 heterocycles. The van der Waals surface area contributed by atoms with Crippen LogP contribution in [0.3, 0.4) is 0 Å². The van der Waals surface area contributed by atoms with Crippen molar-refractivity contribution in [3.05, 3.63) is 48.0 Å². The van der Waals surface area contributed by atoms with E-state index in [4.69, 9.17) is 6.58 Å². The van der Waals surface area contributed by atoms with Gasteiger partial charge in [-0.3, -0.25) is 0 Å². The minimum Gasteiger partial charge on any atom is -0.0842 e. The van der Waals surface area contributed by atoms with E-state index < -0.39 is 0 Å². The second kappa shape index (κ2) is 3.97. The van der Waals surface area contributed by atoms with Crippen LogP contribution in [0.4, 0.5) is 0 Å². The zero-order valence-corrected chi connectivity index (χ0v) is 6.88. The van der Waals surface area contributed by atoms with Gasteiger partial charge in [0.1, 0.15) is 0 Å². The van der Waals surface area contributed by atoms with Gasteiger partial charge in [0, 0.05) is 0 Å². The molecule has 1 radical (unpaired) electrons. The van der Waals surface area contributed by atoms with Gasteiger partial charge in [0.15, 0.2) is 0 Å². The lowest BCUT2D eigenvalue weighted by atomic mass is 10.1. The summed E-state index contributed by atoms with van der Waals surface area (Å²) in [6, 6.07) is 8.52.